The van der Waals surface area contributed by atoms with E-state index < -0.39 is 0 Å². The number of aromatic nitrogens is 1. The maximum Gasteiger partial charge on any atom is 0.111 e. The second kappa shape index (κ2) is 3.79. The van der Waals surface area contributed by atoms with E-state index >= 15 is 0 Å². The number of hydrogen-bond donors (Lipinski definition) is 0. The topological polar surface area (TPSA) is 12.9 Å². The van der Waals surface area contributed by atoms with Gasteiger partial charge >= 0.3 is 0 Å². The first-order valence-electron chi connectivity index (χ1n) is 3.78. The van der Waals surface area contributed by atoms with E-state index in [1.807, 2.05) is 18.3 Å². The highest BCUT2D eigenvalue weighted by atomic mass is 79.9. The van der Waals surface area contributed by atoms with Crippen LogP contribution in [0.3, 0.4) is 0 Å². The van der Waals surface area contributed by atoms with Gasteiger partial charge in [-0.15, -0.1) is 0 Å². The van der Waals surface area contributed by atoms with Crippen LogP contribution in [0.5, 0.6) is 0 Å². The molecule has 0 saturated carbocycles. The van der Waals surface area contributed by atoms with Crippen molar-refractivity contribution in [3.05, 3.63) is 22.8 Å². The van der Waals surface area contributed by atoms with Gasteiger partial charge in [0, 0.05) is 15.4 Å². The van der Waals surface area contributed by atoms with E-state index in [0.717, 1.165) is 9.50 Å². The molecule has 0 unspecified atom stereocenters. The molecular weight excluding hydrogens is 234 g/mol. The van der Waals surface area contributed by atoms with Gasteiger partial charge in [0.2, 0.25) is 0 Å². The lowest BCUT2D eigenvalue weighted by Crippen LogP contribution is -2.07. The number of halogens is 1. The van der Waals surface area contributed by atoms with E-state index in [2.05, 4.69) is 41.7 Å². The Morgan fingerprint density at radius 1 is 1.42 bits per heavy atom. The fraction of sp³-hybridized carbons (Fsp3) is 0.444. The minimum Gasteiger partial charge on any atom is -0.249 e. The van der Waals surface area contributed by atoms with Gasteiger partial charge in [-0.05, 0) is 28.1 Å². The van der Waals surface area contributed by atoms with Gasteiger partial charge in [-0.2, -0.15) is 0 Å². The molecule has 0 N–H and O–H groups in total. The summed E-state index contributed by atoms with van der Waals surface area (Å²) in [5, 5.41) is 1.06. The lowest BCUT2D eigenvalue weighted by Gasteiger charge is -2.17. The van der Waals surface area contributed by atoms with Crippen molar-refractivity contribution in [1.82, 2.24) is 4.98 Å². The summed E-state index contributed by atoms with van der Waals surface area (Å²) in [6, 6.07) is 3.94. The van der Waals surface area contributed by atoms with Gasteiger partial charge in [0.05, 0.1) is 0 Å². The van der Waals surface area contributed by atoms with Crippen LogP contribution in [0, 0.1) is 0 Å². The monoisotopic (exact) mass is 245 g/mol. The quantitative estimate of drug-likeness (QED) is 0.700. The average molecular weight is 246 g/mol. The molecule has 12 heavy (non-hydrogen) atoms. The van der Waals surface area contributed by atoms with E-state index in [9.17, 15) is 0 Å². The lowest BCUT2D eigenvalue weighted by molar-refractivity contribution is 0.798. The number of pyridine rings is 1. The maximum absolute atomic E-state index is 4.28. The molecule has 1 nitrogen and oxygen atoms in total. The van der Waals surface area contributed by atoms with Gasteiger partial charge < -0.3 is 0 Å². The van der Waals surface area contributed by atoms with E-state index in [4.69, 9.17) is 0 Å². The third kappa shape index (κ3) is 3.15. The van der Waals surface area contributed by atoms with Crippen molar-refractivity contribution < 1.29 is 0 Å². The molecule has 0 aliphatic carbocycles. The van der Waals surface area contributed by atoms with Crippen molar-refractivity contribution in [3.63, 3.8) is 0 Å². The number of rotatable bonds is 1. The minimum atomic E-state index is 0.219. The zero-order chi connectivity index (χ0) is 9.19. The molecule has 3 heteroatoms. The molecular formula is C9H12BrNS. The van der Waals surface area contributed by atoms with Crippen molar-refractivity contribution >= 4 is 27.7 Å². The summed E-state index contributed by atoms with van der Waals surface area (Å²) in [6.07, 6.45) is 1.82. The second-order valence-corrected chi connectivity index (χ2v) is 6.17. The molecule has 0 spiro atoms. The van der Waals surface area contributed by atoms with E-state index in [-0.39, 0.29) is 4.75 Å². The Bertz CT molecular complexity index is 267. The summed E-state index contributed by atoms with van der Waals surface area (Å²) in [6.45, 7) is 6.54. The van der Waals surface area contributed by atoms with Crippen molar-refractivity contribution in [1.29, 1.82) is 0 Å². The van der Waals surface area contributed by atoms with Gasteiger partial charge in [0.1, 0.15) is 5.03 Å². The number of hydrogen-bond acceptors (Lipinski definition) is 2. The normalized spacial score (nSPS) is 11.7. The third-order valence-corrected chi connectivity index (χ3v) is 3.16. The highest BCUT2D eigenvalue weighted by Gasteiger charge is 2.14. The van der Waals surface area contributed by atoms with Crippen LogP contribution in [-0.2, 0) is 0 Å². The van der Waals surface area contributed by atoms with E-state index in [0.29, 0.717) is 0 Å². The third-order valence-electron chi connectivity index (χ3n) is 1.13. The molecule has 0 fully saturated rings. The summed E-state index contributed by atoms with van der Waals surface area (Å²) in [5.74, 6) is 0. The Morgan fingerprint density at radius 3 is 2.58 bits per heavy atom. The van der Waals surface area contributed by atoms with Crippen LogP contribution in [0.1, 0.15) is 20.8 Å². The highest BCUT2D eigenvalue weighted by Crippen LogP contribution is 2.34. The Morgan fingerprint density at radius 2 is 2.08 bits per heavy atom. The Balaban J connectivity index is 2.83. The van der Waals surface area contributed by atoms with Crippen LogP contribution < -0.4 is 0 Å². The fourth-order valence-corrected chi connectivity index (χ4v) is 2.09. The predicted molar refractivity (Wildman–Crippen MR) is 57.5 cm³/mol. The van der Waals surface area contributed by atoms with E-state index in [1.165, 1.54) is 0 Å². The standard InChI is InChI=1S/C9H12BrNS/c1-9(2,3)12-8-7(10)5-4-6-11-8/h4-6H,1-3H3. The summed E-state index contributed by atoms with van der Waals surface area (Å²) < 4.78 is 1.29. The Hall–Kier alpha value is -0.0200. The molecule has 0 aliphatic rings. The van der Waals surface area contributed by atoms with Crippen molar-refractivity contribution in [2.45, 2.75) is 30.5 Å². The van der Waals surface area contributed by atoms with Crippen molar-refractivity contribution in [2.75, 3.05) is 0 Å². The molecule has 1 aromatic rings. The fourth-order valence-electron chi connectivity index (χ4n) is 0.736. The first-order valence-corrected chi connectivity index (χ1v) is 5.39. The van der Waals surface area contributed by atoms with Gasteiger partial charge in [-0.3, -0.25) is 0 Å². The first-order chi connectivity index (χ1) is 5.49. The van der Waals surface area contributed by atoms with Gasteiger partial charge in [0.15, 0.2) is 0 Å². The summed E-state index contributed by atoms with van der Waals surface area (Å²) in [7, 11) is 0. The Kier molecular flexibility index (Phi) is 3.18. The summed E-state index contributed by atoms with van der Waals surface area (Å²) in [4.78, 5) is 4.28. The molecule has 0 atom stereocenters. The molecule has 1 aromatic heterocycles. The SMILES string of the molecule is CC(C)(C)Sc1ncccc1Br. The van der Waals surface area contributed by atoms with Gasteiger partial charge in [-0.1, -0.05) is 32.5 Å². The smallest absolute Gasteiger partial charge is 0.111 e. The van der Waals surface area contributed by atoms with Crippen LogP contribution in [0.15, 0.2) is 27.8 Å². The zero-order valence-corrected chi connectivity index (χ0v) is 9.87. The molecule has 0 aromatic carbocycles. The van der Waals surface area contributed by atoms with Crippen LogP contribution in [-0.4, -0.2) is 9.73 Å². The van der Waals surface area contributed by atoms with Crippen LogP contribution in [0.2, 0.25) is 0 Å². The molecule has 0 aliphatic heterocycles. The largest absolute Gasteiger partial charge is 0.249 e. The second-order valence-electron chi connectivity index (χ2n) is 3.50. The minimum absolute atomic E-state index is 0.219. The summed E-state index contributed by atoms with van der Waals surface area (Å²) in [5.41, 5.74) is 0. The van der Waals surface area contributed by atoms with Crippen LogP contribution in [0.25, 0.3) is 0 Å². The number of thioether (sulfide) groups is 1. The molecule has 0 bridgehead atoms. The van der Waals surface area contributed by atoms with Crippen LogP contribution >= 0.6 is 27.7 Å². The first kappa shape index (κ1) is 10.1. The molecule has 1 rings (SSSR count). The van der Waals surface area contributed by atoms with Crippen LogP contribution in [0.4, 0.5) is 0 Å². The molecule has 66 valence electrons. The Labute approximate surface area is 86.1 Å². The average Bonchev–Trinajstić information content (AvgIpc) is 1.91. The van der Waals surface area contributed by atoms with Gasteiger partial charge in [0.25, 0.3) is 0 Å². The predicted octanol–water partition coefficient (Wildman–Crippen LogP) is 3.73. The zero-order valence-electron chi connectivity index (χ0n) is 7.47. The molecule has 0 amide bonds. The van der Waals surface area contributed by atoms with E-state index in [1.54, 1.807) is 11.8 Å². The number of nitrogens with zero attached hydrogens (tertiary/aromatic N) is 1. The van der Waals surface area contributed by atoms with Crippen molar-refractivity contribution in [3.8, 4) is 0 Å². The molecule has 0 saturated heterocycles. The molecule has 0 radical (unpaired) electrons. The highest BCUT2D eigenvalue weighted by molar-refractivity contribution is 9.10. The van der Waals surface area contributed by atoms with Crippen molar-refractivity contribution in [2.24, 2.45) is 0 Å². The maximum atomic E-state index is 4.28. The lowest BCUT2D eigenvalue weighted by atomic mass is 10.3. The molecule has 1 heterocycles. The van der Waals surface area contributed by atoms with Gasteiger partial charge in [-0.25, -0.2) is 4.98 Å². The summed E-state index contributed by atoms with van der Waals surface area (Å²) >= 11 is 5.23.